The van der Waals surface area contributed by atoms with Gasteiger partial charge < -0.3 is 4.74 Å². The number of hydrogen-bond donors (Lipinski definition) is 1. The van der Waals surface area contributed by atoms with Crippen molar-refractivity contribution in [3.8, 4) is 5.88 Å². The Bertz CT molecular complexity index is 899. The Kier molecular flexibility index (Phi) is 5.47. The van der Waals surface area contributed by atoms with Gasteiger partial charge in [-0.15, -0.1) is 21.5 Å². The third-order valence-electron chi connectivity index (χ3n) is 3.25. The van der Waals surface area contributed by atoms with Gasteiger partial charge in [-0.3, -0.25) is 10.1 Å². The van der Waals surface area contributed by atoms with Crippen molar-refractivity contribution < 1.29 is 9.53 Å². The molecule has 0 aliphatic rings. The molecule has 0 saturated carbocycles. The first-order valence-electron chi connectivity index (χ1n) is 7.13. The second-order valence-electron chi connectivity index (χ2n) is 4.94. The van der Waals surface area contributed by atoms with Gasteiger partial charge in [0.2, 0.25) is 5.88 Å². The van der Waals surface area contributed by atoms with Crippen LogP contribution in [0.4, 0.5) is 5.13 Å². The molecule has 0 unspecified atom stereocenters. The molecule has 2 aromatic heterocycles. The van der Waals surface area contributed by atoms with Crippen molar-refractivity contribution >= 4 is 45.6 Å². The van der Waals surface area contributed by atoms with Gasteiger partial charge in [0.15, 0.2) is 10.8 Å². The Morgan fingerprint density at radius 2 is 2.08 bits per heavy atom. The highest BCUT2D eigenvalue weighted by Crippen LogP contribution is 2.29. The van der Waals surface area contributed by atoms with Gasteiger partial charge in [-0.1, -0.05) is 35.3 Å². The Morgan fingerprint density at radius 3 is 2.80 bits per heavy atom. The van der Waals surface area contributed by atoms with Crippen molar-refractivity contribution in [2.75, 3.05) is 12.4 Å². The first-order valence-corrected chi connectivity index (χ1v) is 8.70. The normalized spacial score (nSPS) is 10.5. The zero-order chi connectivity index (χ0) is 17.8. The molecule has 25 heavy (non-hydrogen) atoms. The lowest BCUT2D eigenvalue weighted by atomic mass is 10.1. The minimum Gasteiger partial charge on any atom is -0.480 e. The molecule has 6 nitrogen and oxygen atoms in total. The van der Waals surface area contributed by atoms with Crippen LogP contribution in [0.2, 0.25) is 10.0 Å². The first-order chi connectivity index (χ1) is 12.1. The summed E-state index contributed by atoms with van der Waals surface area (Å²) in [6.45, 7) is 0. The predicted molar refractivity (Wildman–Crippen MR) is 97.9 cm³/mol. The summed E-state index contributed by atoms with van der Waals surface area (Å²) in [7, 11) is 1.48. The first kappa shape index (κ1) is 17.6. The molecular formula is C16H12Cl2N4O2S. The highest BCUT2D eigenvalue weighted by atomic mass is 35.5. The van der Waals surface area contributed by atoms with Crippen LogP contribution < -0.4 is 10.1 Å². The average Bonchev–Trinajstić information content (AvgIpc) is 3.06. The summed E-state index contributed by atoms with van der Waals surface area (Å²) >= 11 is 13.6. The largest absolute Gasteiger partial charge is 0.480 e. The van der Waals surface area contributed by atoms with Crippen LogP contribution in [0.3, 0.4) is 0 Å². The van der Waals surface area contributed by atoms with Crippen LogP contribution in [0.5, 0.6) is 5.88 Å². The zero-order valence-electron chi connectivity index (χ0n) is 13.0. The Hall–Kier alpha value is -2.22. The highest BCUT2D eigenvalue weighted by molar-refractivity contribution is 7.15. The summed E-state index contributed by atoms with van der Waals surface area (Å²) in [5.41, 5.74) is 1.08. The van der Waals surface area contributed by atoms with E-state index in [9.17, 15) is 4.79 Å². The zero-order valence-corrected chi connectivity index (χ0v) is 15.3. The van der Waals surface area contributed by atoms with Crippen LogP contribution in [-0.2, 0) is 6.42 Å². The Balaban J connectivity index is 1.68. The lowest BCUT2D eigenvalue weighted by Crippen LogP contribution is -2.14. The molecule has 3 rings (SSSR count). The van der Waals surface area contributed by atoms with E-state index in [1.807, 2.05) is 12.1 Å². The monoisotopic (exact) mass is 394 g/mol. The van der Waals surface area contributed by atoms with E-state index < -0.39 is 5.91 Å². The van der Waals surface area contributed by atoms with E-state index in [-0.39, 0.29) is 5.69 Å². The van der Waals surface area contributed by atoms with Gasteiger partial charge in [0, 0.05) is 23.6 Å². The van der Waals surface area contributed by atoms with E-state index in [0.29, 0.717) is 27.5 Å². The SMILES string of the molecule is COc1ccc(C(=O)Nc2ncc(Cc3cccc(Cl)c3Cl)s2)nn1. The van der Waals surface area contributed by atoms with Crippen molar-refractivity contribution in [1.29, 1.82) is 0 Å². The van der Waals surface area contributed by atoms with E-state index in [2.05, 4.69) is 20.5 Å². The molecule has 3 aromatic rings. The molecule has 0 aliphatic heterocycles. The number of carbonyl (C=O) groups excluding carboxylic acids is 1. The van der Waals surface area contributed by atoms with Crippen molar-refractivity contribution in [2.45, 2.75) is 6.42 Å². The number of carbonyl (C=O) groups is 1. The number of amides is 1. The molecule has 1 amide bonds. The fourth-order valence-corrected chi connectivity index (χ4v) is 3.25. The fourth-order valence-electron chi connectivity index (χ4n) is 2.03. The van der Waals surface area contributed by atoms with Crippen molar-refractivity contribution in [3.05, 3.63) is 62.7 Å². The summed E-state index contributed by atoms with van der Waals surface area (Å²) in [6.07, 6.45) is 2.27. The summed E-state index contributed by atoms with van der Waals surface area (Å²) in [4.78, 5) is 17.3. The summed E-state index contributed by atoms with van der Waals surface area (Å²) in [6, 6.07) is 8.58. The Morgan fingerprint density at radius 1 is 1.24 bits per heavy atom. The molecule has 0 radical (unpaired) electrons. The van der Waals surface area contributed by atoms with Crippen LogP contribution >= 0.6 is 34.5 Å². The number of nitrogens with zero attached hydrogens (tertiary/aromatic N) is 3. The number of hydrogen-bond acceptors (Lipinski definition) is 6. The molecule has 0 aliphatic carbocycles. The second-order valence-corrected chi connectivity index (χ2v) is 6.84. The van der Waals surface area contributed by atoms with E-state index in [1.54, 1.807) is 18.3 Å². The number of benzene rings is 1. The van der Waals surface area contributed by atoms with Gasteiger partial charge in [-0.25, -0.2) is 4.98 Å². The van der Waals surface area contributed by atoms with Crippen LogP contribution in [-0.4, -0.2) is 28.2 Å². The van der Waals surface area contributed by atoms with Crippen LogP contribution in [0.25, 0.3) is 0 Å². The number of rotatable bonds is 5. The van der Waals surface area contributed by atoms with E-state index in [1.165, 1.54) is 24.5 Å². The maximum Gasteiger partial charge on any atom is 0.277 e. The second kappa shape index (κ2) is 7.77. The van der Waals surface area contributed by atoms with Crippen molar-refractivity contribution in [3.63, 3.8) is 0 Å². The lowest BCUT2D eigenvalue weighted by Gasteiger charge is -2.03. The highest BCUT2D eigenvalue weighted by Gasteiger charge is 2.13. The fraction of sp³-hybridized carbons (Fsp3) is 0.125. The van der Waals surface area contributed by atoms with Crippen LogP contribution in [0, 0.1) is 0 Å². The molecule has 0 saturated heterocycles. The molecule has 0 spiro atoms. The Labute approximate surface area is 157 Å². The maximum atomic E-state index is 12.2. The number of nitrogens with one attached hydrogen (secondary N) is 1. The minimum atomic E-state index is -0.392. The average molecular weight is 395 g/mol. The minimum absolute atomic E-state index is 0.176. The van der Waals surface area contributed by atoms with Crippen LogP contribution in [0.15, 0.2) is 36.5 Å². The van der Waals surface area contributed by atoms with Gasteiger partial charge in [-0.2, -0.15) is 0 Å². The summed E-state index contributed by atoms with van der Waals surface area (Å²) in [5, 5.41) is 11.8. The van der Waals surface area contributed by atoms with E-state index >= 15 is 0 Å². The molecule has 1 aromatic carbocycles. The molecule has 1 N–H and O–H groups in total. The van der Waals surface area contributed by atoms with Crippen molar-refractivity contribution in [2.24, 2.45) is 0 Å². The lowest BCUT2D eigenvalue weighted by molar-refractivity contribution is 0.102. The number of methoxy groups -OCH3 is 1. The molecule has 0 fully saturated rings. The molecule has 2 heterocycles. The number of anilines is 1. The topological polar surface area (TPSA) is 77.0 Å². The van der Waals surface area contributed by atoms with Gasteiger partial charge in [0.05, 0.1) is 17.2 Å². The molecule has 128 valence electrons. The molecule has 0 bridgehead atoms. The number of thiazole rings is 1. The molecule has 9 heteroatoms. The van der Waals surface area contributed by atoms with E-state index in [0.717, 1.165) is 10.4 Å². The quantitative estimate of drug-likeness (QED) is 0.704. The smallest absolute Gasteiger partial charge is 0.277 e. The van der Waals surface area contributed by atoms with Crippen LogP contribution in [0.1, 0.15) is 20.9 Å². The predicted octanol–water partition coefficient (Wildman–Crippen LogP) is 4.09. The van der Waals surface area contributed by atoms with Gasteiger partial charge in [0.1, 0.15) is 0 Å². The number of aromatic nitrogens is 3. The molecular weight excluding hydrogens is 383 g/mol. The summed E-state index contributed by atoms with van der Waals surface area (Å²) in [5.74, 6) is -0.0525. The van der Waals surface area contributed by atoms with Crippen molar-refractivity contribution in [1.82, 2.24) is 15.2 Å². The maximum absolute atomic E-state index is 12.2. The number of halogens is 2. The number of ether oxygens (including phenoxy) is 1. The van der Waals surface area contributed by atoms with Gasteiger partial charge >= 0.3 is 0 Å². The molecule has 0 atom stereocenters. The van der Waals surface area contributed by atoms with Gasteiger partial charge in [-0.05, 0) is 17.7 Å². The third kappa shape index (κ3) is 4.25. The standard InChI is InChI=1S/C16H12Cl2N4O2S/c1-24-13-6-5-12(21-22-13)15(23)20-16-19-8-10(25-16)7-9-3-2-4-11(17)14(9)18/h2-6,8H,7H2,1H3,(H,19,20,23). The third-order valence-corrected chi connectivity index (χ3v) is 5.02. The van der Waals surface area contributed by atoms with E-state index in [4.69, 9.17) is 27.9 Å². The van der Waals surface area contributed by atoms with Gasteiger partial charge in [0.25, 0.3) is 5.91 Å². The summed E-state index contributed by atoms with van der Waals surface area (Å²) < 4.78 is 4.91.